The van der Waals surface area contributed by atoms with E-state index in [1.54, 1.807) is 73.8 Å². The average Bonchev–Trinajstić information content (AvgIpc) is 1.01. The van der Waals surface area contributed by atoms with Crippen LogP contribution in [0, 0.1) is 29.1 Å². The monoisotopic (exact) mass is 1400 g/mol. The van der Waals surface area contributed by atoms with E-state index in [9.17, 15) is 68.4 Å². The lowest BCUT2D eigenvalue weighted by molar-refractivity contribution is -0.159. The molecule has 2 heterocycles. The van der Waals surface area contributed by atoms with Crippen LogP contribution >= 0.6 is 11.3 Å². The highest BCUT2D eigenvalue weighted by Crippen LogP contribution is 2.26. The summed E-state index contributed by atoms with van der Waals surface area (Å²) in [4.78, 5) is 186. The lowest BCUT2D eigenvalue weighted by Gasteiger charge is -2.34. The van der Waals surface area contributed by atoms with Crippen molar-refractivity contribution >= 4 is 94.3 Å². The summed E-state index contributed by atoms with van der Waals surface area (Å²) >= 11 is 1.08. The number of aliphatic hydroxyl groups excluding tert-OH is 4. The molecule has 0 bridgehead atoms. The van der Waals surface area contributed by atoms with Gasteiger partial charge in [-0.05, 0) is 94.1 Å². The zero-order chi connectivity index (χ0) is 74.1. The summed E-state index contributed by atoms with van der Waals surface area (Å²) in [7, 11) is 0. The fourth-order valence-electron chi connectivity index (χ4n) is 9.78. The minimum atomic E-state index is -2.60. The summed E-state index contributed by atoms with van der Waals surface area (Å²) in [5.74, 6) is -18.0. The van der Waals surface area contributed by atoms with E-state index in [-0.39, 0.29) is 44.2 Å². The van der Waals surface area contributed by atoms with Gasteiger partial charge in [-0.2, -0.15) is 0 Å². The smallest absolute Gasteiger partial charge is 0.408 e. The number of aliphatic hydroxyl groups is 4. The number of nitrogens with one attached hydrogen (secondary N) is 13. The van der Waals surface area contributed by atoms with Crippen molar-refractivity contribution in [2.24, 2.45) is 35.1 Å². The number of hydrogen-bond acceptors (Lipinski definition) is 21. The van der Waals surface area contributed by atoms with Gasteiger partial charge in [-0.3, -0.25) is 58.1 Å². The summed E-state index contributed by atoms with van der Waals surface area (Å²) in [6, 6.07) is -8.59. The summed E-state index contributed by atoms with van der Waals surface area (Å²) in [6.07, 6.45) is -9.60. The highest BCUT2D eigenvalue weighted by atomic mass is 32.1. The molecule has 1 aliphatic rings. The Bertz CT molecular complexity index is 3080. The maximum atomic E-state index is 15.6. The molecule has 2 unspecified atom stereocenters. The molecule has 0 aliphatic carbocycles. The molecule has 15 atom stereocenters. The van der Waals surface area contributed by atoms with Crippen LogP contribution < -0.4 is 75.3 Å². The zero-order valence-electron chi connectivity index (χ0n) is 57.1. The Labute approximate surface area is 572 Å². The van der Waals surface area contributed by atoms with E-state index in [1.807, 2.05) is 10.6 Å². The Hall–Kier alpha value is -9.06. The predicted molar refractivity (Wildman–Crippen MR) is 354 cm³/mol. The number of esters is 1. The largest absolute Gasteiger partial charge is 0.453 e. The summed E-state index contributed by atoms with van der Waals surface area (Å²) in [6.45, 7) is 16.3. The molecule has 98 heavy (non-hydrogen) atoms. The number of ether oxygens (including phenoxy) is 2. The van der Waals surface area contributed by atoms with Gasteiger partial charge in [0.2, 0.25) is 65.0 Å². The van der Waals surface area contributed by atoms with Gasteiger partial charge in [0, 0.05) is 11.4 Å². The zero-order valence-corrected chi connectivity index (χ0v) is 58.0. The van der Waals surface area contributed by atoms with Crippen molar-refractivity contribution in [1.29, 1.82) is 5.41 Å². The van der Waals surface area contributed by atoms with Gasteiger partial charge in [-0.25, -0.2) is 9.59 Å². The van der Waals surface area contributed by atoms with Crippen LogP contribution in [0.1, 0.15) is 138 Å². The molecule has 1 saturated heterocycles. The normalized spacial score (nSPS) is 23.7. The van der Waals surface area contributed by atoms with Crippen molar-refractivity contribution in [3.8, 4) is 0 Å². The van der Waals surface area contributed by atoms with Crippen LogP contribution in [0.25, 0.3) is 0 Å². The third-order valence-corrected chi connectivity index (χ3v) is 16.1. The third kappa shape index (κ3) is 26.7. The van der Waals surface area contributed by atoms with Gasteiger partial charge in [-0.15, -0.1) is 11.3 Å². The van der Waals surface area contributed by atoms with Crippen LogP contribution in [-0.2, 0) is 67.0 Å². The number of cyclic esters (lactones) is 1. The van der Waals surface area contributed by atoms with Crippen molar-refractivity contribution in [1.82, 2.24) is 63.8 Å². The maximum Gasteiger partial charge on any atom is 0.408 e. The van der Waals surface area contributed by atoms with Gasteiger partial charge in [0.1, 0.15) is 60.0 Å². The molecule has 21 N–H and O–H groups in total. The number of benzene rings is 1. The minimum Gasteiger partial charge on any atom is -0.453 e. The van der Waals surface area contributed by atoms with Crippen LogP contribution in [0.5, 0.6) is 0 Å². The van der Waals surface area contributed by atoms with E-state index in [0.29, 0.717) is 4.88 Å². The maximum absolute atomic E-state index is 15.6. The second-order valence-corrected chi connectivity index (χ2v) is 26.9. The number of hydrogen-bond donors (Lipinski definition) is 19. The van der Waals surface area contributed by atoms with Crippen LogP contribution in [0.4, 0.5) is 4.79 Å². The lowest BCUT2D eigenvalue weighted by Crippen LogP contribution is -2.64. The van der Waals surface area contributed by atoms with Gasteiger partial charge in [-0.1, -0.05) is 98.2 Å². The topological polar surface area (TPSA) is 542 Å². The molecule has 1 aromatic carbocycles. The first-order chi connectivity index (χ1) is 45.8. The Morgan fingerprint density at radius 3 is 1.82 bits per heavy atom. The molecular weight excluding hydrogens is 1300 g/mol. The summed E-state index contributed by atoms with van der Waals surface area (Å²) in [5.41, 5.74) is 9.73. The number of primary amides is 1. The molecule has 3 rings (SSSR count). The molecule has 1 fully saturated rings. The van der Waals surface area contributed by atoms with E-state index in [4.69, 9.17) is 26.4 Å². The van der Waals surface area contributed by atoms with Crippen molar-refractivity contribution in [2.75, 3.05) is 19.7 Å². The van der Waals surface area contributed by atoms with Crippen LogP contribution in [0.15, 0.2) is 47.8 Å². The Morgan fingerprint density at radius 1 is 0.694 bits per heavy atom. The first-order valence-electron chi connectivity index (χ1n) is 32.1. The summed E-state index contributed by atoms with van der Waals surface area (Å²) < 4.78 is 11.4. The van der Waals surface area contributed by atoms with Crippen LogP contribution in [0.3, 0.4) is 0 Å². The molecule has 34 nitrogen and oxygen atoms in total. The van der Waals surface area contributed by atoms with E-state index < -0.39 is 210 Å². The van der Waals surface area contributed by atoms with Crippen LogP contribution in [-0.4, -0.2) is 201 Å². The second kappa shape index (κ2) is 39.4. The van der Waals surface area contributed by atoms with Crippen molar-refractivity contribution in [2.45, 2.75) is 206 Å². The number of guanidine groups is 1. The van der Waals surface area contributed by atoms with Gasteiger partial charge >= 0.3 is 12.1 Å². The van der Waals surface area contributed by atoms with Gasteiger partial charge < -0.3 is 105 Å². The van der Waals surface area contributed by atoms with Gasteiger partial charge in [0.15, 0.2) is 24.2 Å². The number of carbonyl (C=O) groups excluding carboxylic acids is 13. The second-order valence-electron chi connectivity index (χ2n) is 25.9. The Kier molecular flexibility index (Phi) is 33.4. The molecule has 35 heteroatoms. The quantitative estimate of drug-likeness (QED) is 0.0225. The number of amides is 12. The van der Waals surface area contributed by atoms with Crippen molar-refractivity contribution < 1.29 is 92.2 Å². The van der Waals surface area contributed by atoms with E-state index in [0.717, 1.165) is 18.3 Å². The number of rotatable bonds is 23. The van der Waals surface area contributed by atoms with E-state index >= 15 is 14.4 Å². The number of alkyl carbamates (subject to hydrolysis) is 1. The fourth-order valence-corrected chi connectivity index (χ4v) is 10.6. The number of nitrogens with two attached hydrogens (primary N) is 2. The lowest BCUT2D eigenvalue weighted by atomic mass is 9.95. The average molecular weight is 1400 g/mol. The highest BCUT2D eigenvalue weighted by molar-refractivity contribution is 7.10. The Morgan fingerprint density at radius 2 is 1.28 bits per heavy atom. The molecular formula is C63H99N15O19S. The molecule has 0 spiro atoms. The van der Waals surface area contributed by atoms with E-state index in [2.05, 4.69) is 53.2 Å². The molecule has 546 valence electrons. The molecule has 2 aromatic rings. The molecule has 0 saturated carbocycles. The van der Waals surface area contributed by atoms with Gasteiger partial charge in [0.25, 0.3) is 0 Å². The summed E-state index contributed by atoms with van der Waals surface area (Å²) in [5, 5.41) is 82.7. The SMILES string of the molecule is CC[C@H](C)C1NC(=O)[C@@H](CCCNC(=N)N)NC(=O)[C@H](CC(C)C)NC(=O)[C@H]([C@H](O)C(C)C)NC(=O)[C@@H](NC(=O)[C@@H](CC(C)C)NC(=O)[C@H](NC(=O)OC(C)(C)C)c2cccs2)[C@@H](c2ccccc2)OC(=O)[C@H](CO)NC(=O)[C@H]([C@H](O)C(N)=O)NC(=O)CNC(=O)C([C@H](C)O)NC1=O. The third-order valence-electron chi connectivity index (χ3n) is 15.2. The number of thiophene rings is 1. The molecule has 1 aliphatic heterocycles. The predicted octanol–water partition coefficient (Wildman–Crippen LogP) is -3.27. The van der Waals surface area contributed by atoms with Crippen molar-refractivity contribution in [3.05, 3.63) is 58.3 Å². The molecule has 0 radical (unpaired) electrons. The van der Waals surface area contributed by atoms with Crippen molar-refractivity contribution in [3.63, 3.8) is 0 Å². The standard InChI is InChI=1S/C63H99N15O19S/c1-13-32(8)41-55(89)75-42(33(9)80)54(88)68-27-40(81)73-45(48(83)50(64)84)58(92)72-38(28-79)60(94)96-49(34-19-15-14-16-20-34)46(77-53(87)37(26-30(4)5)70-56(90)43(39-22-18-24-98-39)78-62(95)97-63(10,11)12)59(93)76-44(47(82)31(6)7)57(91)71-36(25-29(2)3)52(86)69-35(51(85)74-41)21-17-23-67-61(65)66/h14-16,18-20,22,24,29-33,35-38,41-49,79-80,82-83H,13,17,21,23,25-28H2,1-12H3,(H2,64,84)(H,68,88)(H,69,86)(H,70,90)(H,71,91)(H,72,92)(H,73,81)(H,74,85)(H,75,89)(H,76,93)(H,77,87)(H,78,95)(H4,65,66,67)/t32-,33-,35+,36-,37+,38-,41?,42?,43+,44-,45-,46-,47+,48-,49+/m0/s1. The van der Waals surface area contributed by atoms with E-state index in [1.165, 1.54) is 50.2 Å². The minimum absolute atomic E-state index is 0.00211. The fraction of sp³-hybridized carbons (Fsp3) is 0.619. The number of carbonyl (C=O) groups is 13. The molecule has 12 amide bonds. The van der Waals surface area contributed by atoms with Gasteiger partial charge in [0.05, 0.1) is 25.4 Å². The van der Waals surface area contributed by atoms with Crippen LogP contribution in [0.2, 0.25) is 0 Å². The first-order valence-corrected chi connectivity index (χ1v) is 33.0. The molecule has 1 aromatic heterocycles. The Balaban J connectivity index is 2.44. The first kappa shape index (κ1) is 83.2. The highest BCUT2D eigenvalue weighted by Gasteiger charge is 2.44.